The molecule has 2 heterocycles. The second-order valence-electron chi connectivity index (χ2n) is 18.1. The van der Waals surface area contributed by atoms with E-state index in [-0.39, 0.29) is 87.4 Å². The first-order valence-corrected chi connectivity index (χ1v) is 31.8. The Morgan fingerprint density at radius 3 is 1.70 bits per heavy atom. The lowest BCUT2D eigenvalue weighted by Crippen LogP contribution is -2.14. The highest BCUT2D eigenvalue weighted by Crippen LogP contribution is 2.43. The monoisotopic (exact) mass is 1250 g/mol. The fourth-order valence-electron chi connectivity index (χ4n) is 8.59. The molecule has 11 N–H and O–H groups in total. The van der Waals surface area contributed by atoms with Crippen LogP contribution < -0.4 is 32.3 Å². The van der Waals surface area contributed by atoms with Crippen LogP contribution in [0, 0.1) is 18.3 Å². The van der Waals surface area contributed by atoms with Gasteiger partial charge in [-0.2, -0.15) is 47.4 Å². The van der Waals surface area contributed by atoms with Crippen LogP contribution in [-0.2, 0) is 50.6 Å². The smallest absolute Gasteiger partial charge is 0.295 e. The quantitative estimate of drug-likeness (QED) is 0.0216. The number of nitrogens with one attached hydrogen (secondary N) is 6. The van der Waals surface area contributed by atoms with Gasteiger partial charge in [0.05, 0.1) is 42.2 Å². The minimum atomic E-state index is -5.03. The van der Waals surface area contributed by atoms with Crippen LogP contribution in [0.1, 0.15) is 11.1 Å². The van der Waals surface area contributed by atoms with Crippen molar-refractivity contribution in [2.24, 2.45) is 10.2 Å². The Balaban J connectivity index is 1.02. The van der Waals surface area contributed by atoms with Crippen molar-refractivity contribution >= 4 is 150 Å². The van der Waals surface area contributed by atoms with Crippen molar-refractivity contribution in [2.45, 2.75) is 31.4 Å². The molecule has 0 radical (unpaired) electrons. The standard InChI is InChI=1S/C52H39N11O15S6/c1-28-43(27-53)49(54-33-10-14-36(15-11-33)80(64,65)66)57-50(55-34-12-16-37(17-13-34)81(67,68)69)47(28)61-63-52-56-48(32-7-6-29-4-2-3-5-30(29)22-32)51(79-52)62-60-44-20-21-45(42-25-38(82(70,71)72)18-19-40(42)44)59-58-35-9-8-31-23-39(83(73,74)75)26-46(41(31)24-35)84(76,77)78/h2-26,58-59,61H,1H3,(H,56,63)(H2,54,55,57)(H,64,65,66)(H,67,68,69)(H,70,71,72)(H,73,74,75)(H,76,77,78). The van der Waals surface area contributed by atoms with Crippen LogP contribution in [0.25, 0.3) is 43.6 Å². The average molecular weight is 1250 g/mol. The fraction of sp³-hybridized carbons (Fsp3) is 0.0192. The molecule has 2 aromatic heterocycles. The van der Waals surface area contributed by atoms with Crippen molar-refractivity contribution in [3.8, 4) is 17.3 Å². The number of rotatable bonds is 18. The largest absolute Gasteiger partial charge is 0.339 e. The number of hydrogen-bond donors (Lipinski definition) is 11. The molecule has 0 aliphatic heterocycles. The van der Waals surface area contributed by atoms with Gasteiger partial charge in [-0.25, -0.2) is 9.97 Å². The predicted octanol–water partition coefficient (Wildman–Crippen LogP) is 10.9. The zero-order valence-corrected chi connectivity index (χ0v) is 47.3. The summed E-state index contributed by atoms with van der Waals surface area (Å²) in [7, 11) is -23.8. The number of nitrogens with zero attached hydrogens (tertiary/aromatic N) is 5. The molecule has 0 saturated heterocycles. The topological polar surface area (TPSA) is 418 Å². The molecule has 0 fully saturated rings. The van der Waals surface area contributed by atoms with E-state index in [4.69, 9.17) is 4.98 Å². The number of azo groups is 1. The number of aromatic nitrogens is 2. The van der Waals surface area contributed by atoms with Crippen molar-refractivity contribution in [3.05, 3.63) is 163 Å². The first-order chi connectivity index (χ1) is 39.6. The number of hydrazine groups is 2. The Labute approximate surface area is 481 Å². The molecule has 8 aromatic carbocycles. The van der Waals surface area contributed by atoms with E-state index in [2.05, 4.69) is 53.6 Å². The van der Waals surface area contributed by atoms with Crippen LogP contribution in [-0.4, -0.2) is 74.8 Å². The Kier molecular flexibility index (Phi) is 15.3. The number of anilines is 8. The van der Waals surface area contributed by atoms with Gasteiger partial charge in [-0.3, -0.25) is 33.6 Å². The van der Waals surface area contributed by atoms with Gasteiger partial charge in [-0.05, 0) is 132 Å². The molecular weight excluding hydrogens is 1210 g/mol. The van der Waals surface area contributed by atoms with E-state index in [1.165, 1.54) is 66.7 Å². The van der Waals surface area contributed by atoms with Crippen molar-refractivity contribution in [3.63, 3.8) is 0 Å². The van der Waals surface area contributed by atoms with Crippen LogP contribution in [0.5, 0.6) is 0 Å². The minimum absolute atomic E-state index is 0.00230. The normalized spacial score (nSPS) is 12.3. The Morgan fingerprint density at radius 2 is 1.08 bits per heavy atom. The van der Waals surface area contributed by atoms with E-state index >= 15 is 0 Å². The molecule has 10 rings (SSSR count). The molecule has 0 amide bonds. The highest BCUT2D eigenvalue weighted by molar-refractivity contribution is 7.87. The Hall–Kier alpha value is -9.24. The number of benzene rings is 8. The van der Waals surface area contributed by atoms with E-state index in [0.29, 0.717) is 28.3 Å². The van der Waals surface area contributed by atoms with Gasteiger partial charge in [0.2, 0.25) is 5.13 Å². The van der Waals surface area contributed by atoms with Crippen molar-refractivity contribution in [1.29, 1.82) is 5.26 Å². The van der Waals surface area contributed by atoms with E-state index in [1.54, 1.807) is 6.92 Å². The molecule has 32 heteroatoms. The van der Waals surface area contributed by atoms with Crippen LogP contribution >= 0.6 is 11.3 Å². The summed E-state index contributed by atoms with van der Waals surface area (Å²) in [6.45, 7) is 1.60. The summed E-state index contributed by atoms with van der Waals surface area (Å²) < 4.78 is 169. The zero-order chi connectivity index (χ0) is 60.1. The molecule has 0 bridgehead atoms. The summed E-state index contributed by atoms with van der Waals surface area (Å²) in [6.07, 6.45) is 0. The van der Waals surface area contributed by atoms with Gasteiger partial charge >= 0.3 is 0 Å². The lowest BCUT2D eigenvalue weighted by molar-refractivity contribution is 0.478. The lowest BCUT2D eigenvalue weighted by Gasteiger charge is -2.19. The second kappa shape index (κ2) is 22.2. The molecule has 10 aromatic rings. The third-order valence-electron chi connectivity index (χ3n) is 12.6. The second-order valence-corrected chi connectivity index (χ2v) is 26.2. The molecule has 428 valence electrons. The molecule has 0 unspecified atom stereocenters. The molecule has 0 aliphatic carbocycles. The Bertz CT molecular complexity index is 5030. The van der Waals surface area contributed by atoms with Gasteiger partial charge in [0, 0.05) is 33.1 Å². The van der Waals surface area contributed by atoms with Gasteiger partial charge < -0.3 is 21.5 Å². The van der Waals surface area contributed by atoms with E-state index < -0.39 is 65.3 Å². The highest BCUT2D eigenvalue weighted by atomic mass is 32.2. The van der Waals surface area contributed by atoms with Gasteiger partial charge in [-0.15, -0.1) is 10.2 Å². The third-order valence-corrected chi connectivity index (χ3v) is 17.8. The number of fused-ring (bicyclic) bond motifs is 3. The zero-order valence-electron chi connectivity index (χ0n) is 42.4. The van der Waals surface area contributed by atoms with Gasteiger partial charge in [0.1, 0.15) is 22.3 Å². The van der Waals surface area contributed by atoms with Crippen LogP contribution in [0.3, 0.4) is 0 Å². The van der Waals surface area contributed by atoms with Gasteiger partial charge in [0.25, 0.3) is 50.6 Å². The van der Waals surface area contributed by atoms with Gasteiger partial charge in [0.15, 0.2) is 16.6 Å². The van der Waals surface area contributed by atoms with Crippen molar-refractivity contribution < 1.29 is 64.9 Å². The highest BCUT2D eigenvalue weighted by Gasteiger charge is 2.24. The van der Waals surface area contributed by atoms with Crippen molar-refractivity contribution in [1.82, 2.24) is 9.97 Å². The van der Waals surface area contributed by atoms with Crippen molar-refractivity contribution in [2.75, 3.05) is 32.3 Å². The maximum atomic E-state index is 12.5. The van der Waals surface area contributed by atoms with E-state index in [1.807, 2.05) is 42.5 Å². The van der Waals surface area contributed by atoms with Gasteiger partial charge in [-0.1, -0.05) is 59.9 Å². The minimum Gasteiger partial charge on any atom is -0.339 e. The van der Waals surface area contributed by atoms with Crippen LogP contribution in [0.4, 0.5) is 55.9 Å². The first-order valence-electron chi connectivity index (χ1n) is 23.8. The van der Waals surface area contributed by atoms with E-state index in [9.17, 15) is 70.1 Å². The summed E-state index contributed by atoms with van der Waals surface area (Å²) in [4.78, 5) is 6.70. The Morgan fingerprint density at radius 1 is 0.488 bits per heavy atom. The molecule has 0 aliphatic rings. The summed E-state index contributed by atoms with van der Waals surface area (Å²) in [5.41, 5.74) is 14.5. The van der Waals surface area contributed by atoms with E-state index in [0.717, 1.165) is 58.5 Å². The van der Waals surface area contributed by atoms with Crippen LogP contribution in [0.2, 0.25) is 0 Å². The van der Waals surface area contributed by atoms with Crippen LogP contribution in [0.15, 0.2) is 186 Å². The summed E-state index contributed by atoms with van der Waals surface area (Å²) in [6, 6.07) is 37.6. The summed E-state index contributed by atoms with van der Waals surface area (Å²) >= 11 is 1.03. The molecule has 84 heavy (non-hydrogen) atoms. The first kappa shape index (κ1) is 58.0. The predicted molar refractivity (Wildman–Crippen MR) is 314 cm³/mol. The third kappa shape index (κ3) is 12.6. The fourth-order valence-corrected chi connectivity index (χ4v) is 12.2. The molecule has 0 atom stereocenters. The lowest BCUT2D eigenvalue weighted by atomic mass is 10.1. The molecule has 0 saturated carbocycles. The summed E-state index contributed by atoms with van der Waals surface area (Å²) in [5, 5.41) is 28.4. The molecule has 0 spiro atoms. The number of thiazole rings is 1. The number of pyridine rings is 1. The maximum absolute atomic E-state index is 12.5. The molecular formula is C52H39N11O15S6. The SMILES string of the molecule is Cc1c(C#N)c(Nc2ccc(S(=O)(=O)O)cc2)nc(Nc2ccc(S(=O)(=O)O)cc2)c1NNc1nc(-c2ccc3ccccc3c2)c(N=Nc2ccc(NNc3ccc4cc(S(=O)(=O)O)cc(S(=O)(=O)O)c4c3)c3cc(S(=O)(=O)O)ccc23)s1. The number of nitriles is 1. The average Bonchev–Trinajstić information content (AvgIpc) is 2.55. The maximum Gasteiger partial charge on any atom is 0.295 e. The number of hydrogen-bond acceptors (Lipinski definition) is 22. The molecule has 26 nitrogen and oxygen atoms in total. The summed E-state index contributed by atoms with van der Waals surface area (Å²) in [5.74, 6) is 0.0528.